The maximum atomic E-state index is 12.5. The van der Waals surface area contributed by atoms with Gasteiger partial charge in [0.15, 0.2) is 0 Å². The molecule has 3 heterocycles. The topological polar surface area (TPSA) is 60.2 Å². The number of benzene rings is 1. The Labute approximate surface area is 158 Å². The fourth-order valence-corrected chi connectivity index (χ4v) is 3.69. The van der Waals surface area contributed by atoms with E-state index < -0.39 is 0 Å². The summed E-state index contributed by atoms with van der Waals surface area (Å²) in [4.78, 5) is 23.2. The average molecular weight is 362 g/mol. The van der Waals surface area contributed by atoms with Gasteiger partial charge in [-0.15, -0.1) is 0 Å². The highest BCUT2D eigenvalue weighted by Gasteiger charge is 2.31. The van der Waals surface area contributed by atoms with Crippen LogP contribution in [0.4, 0.5) is 0 Å². The number of rotatable bonds is 5. The number of aromatic nitrogens is 3. The fourth-order valence-electron chi connectivity index (χ4n) is 3.69. The molecule has 0 fully saturated rings. The van der Waals surface area contributed by atoms with Gasteiger partial charge >= 0.3 is 0 Å². The number of fused-ring (bicyclic) bond motifs is 1. The third kappa shape index (κ3) is 3.61. The first-order valence-electron chi connectivity index (χ1n) is 9.00. The molecule has 138 valence electrons. The Bertz CT molecular complexity index is 923. The normalized spacial score (nSPS) is 16.2. The molecule has 6 heteroatoms. The summed E-state index contributed by atoms with van der Waals surface area (Å²) in [7, 11) is 1.55. The molecule has 0 spiro atoms. The first-order valence-corrected chi connectivity index (χ1v) is 9.00. The van der Waals surface area contributed by atoms with Gasteiger partial charge in [-0.2, -0.15) is 0 Å². The van der Waals surface area contributed by atoms with Gasteiger partial charge in [-0.25, -0.2) is 4.98 Å². The molecule has 1 aliphatic heterocycles. The summed E-state index contributed by atoms with van der Waals surface area (Å²) in [5.41, 5.74) is 3.51. The Morgan fingerprint density at radius 3 is 2.93 bits per heavy atom. The van der Waals surface area contributed by atoms with E-state index in [1.54, 1.807) is 13.3 Å². The lowest BCUT2D eigenvalue weighted by Gasteiger charge is -2.34. The second-order valence-electron chi connectivity index (χ2n) is 6.73. The molecule has 0 saturated heterocycles. The van der Waals surface area contributed by atoms with Crippen molar-refractivity contribution in [2.45, 2.75) is 19.0 Å². The molecule has 27 heavy (non-hydrogen) atoms. The van der Waals surface area contributed by atoms with Crippen LogP contribution < -0.4 is 0 Å². The summed E-state index contributed by atoms with van der Waals surface area (Å²) in [6.07, 6.45) is 7.45. The van der Waals surface area contributed by atoms with Crippen LogP contribution in [-0.4, -0.2) is 45.6 Å². The quantitative estimate of drug-likeness (QED) is 0.699. The predicted molar refractivity (Wildman–Crippen MR) is 101 cm³/mol. The molecule has 6 nitrogen and oxygen atoms in total. The molecule has 0 saturated carbocycles. The minimum absolute atomic E-state index is 0.00219. The van der Waals surface area contributed by atoms with E-state index in [2.05, 4.69) is 32.7 Å². The van der Waals surface area contributed by atoms with E-state index in [1.807, 2.05) is 41.7 Å². The van der Waals surface area contributed by atoms with Gasteiger partial charge < -0.3 is 14.2 Å². The third-order valence-corrected chi connectivity index (χ3v) is 4.95. The summed E-state index contributed by atoms with van der Waals surface area (Å²) < 4.78 is 7.20. The molecule has 0 N–H and O–H groups in total. The van der Waals surface area contributed by atoms with E-state index in [0.717, 1.165) is 17.0 Å². The molecule has 3 aromatic rings. The van der Waals surface area contributed by atoms with Crippen LogP contribution in [0.25, 0.3) is 0 Å². The van der Waals surface area contributed by atoms with Gasteiger partial charge in [-0.05, 0) is 22.8 Å². The van der Waals surface area contributed by atoms with Gasteiger partial charge in [0.1, 0.15) is 12.4 Å². The Balaban J connectivity index is 1.68. The highest BCUT2D eigenvalue weighted by Crippen LogP contribution is 2.33. The first-order chi connectivity index (χ1) is 13.3. The van der Waals surface area contributed by atoms with Crippen molar-refractivity contribution in [2.75, 3.05) is 20.3 Å². The SMILES string of the molecule is COCC(=O)N1Cc2ccccc2C(c2nccn2Cc2cccnc2)C1. The molecule has 1 aromatic carbocycles. The Morgan fingerprint density at radius 1 is 1.22 bits per heavy atom. The predicted octanol–water partition coefficient (Wildman–Crippen LogP) is 2.45. The molecular formula is C21H22N4O2. The van der Waals surface area contributed by atoms with Crippen molar-refractivity contribution < 1.29 is 9.53 Å². The van der Waals surface area contributed by atoms with Gasteiger partial charge in [0.2, 0.25) is 5.91 Å². The molecular weight excluding hydrogens is 340 g/mol. The number of nitrogens with zero attached hydrogens (tertiary/aromatic N) is 4. The molecule has 0 aliphatic carbocycles. The lowest BCUT2D eigenvalue weighted by Crippen LogP contribution is -2.41. The minimum atomic E-state index is 0.00219. The second kappa shape index (κ2) is 7.72. The van der Waals surface area contributed by atoms with Crippen molar-refractivity contribution in [3.05, 3.63) is 83.7 Å². The van der Waals surface area contributed by atoms with E-state index in [-0.39, 0.29) is 18.4 Å². The second-order valence-corrected chi connectivity index (χ2v) is 6.73. The number of hydrogen-bond acceptors (Lipinski definition) is 4. The van der Waals surface area contributed by atoms with E-state index >= 15 is 0 Å². The maximum absolute atomic E-state index is 12.5. The fraction of sp³-hybridized carbons (Fsp3) is 0.286. The van der Waals surface area contributed by atoms with Crippen LogP contribution in [0.3, 0.4) is 0 Å². The molecule has 1 unspecified atom stereocenters. The molecule has 2 aromatic heterocycles. The van der Waals surface area contributed by atoms with Crippen molar-refractivity contribution in [1.82, 2.24) is 19.4 Å². The summed E-state index contributed by atoms with van der Waals surface area (Å²) in [6.45, 7) is 2.01. The Kier molecular flexibility index (Phi) is 4.98. The lowest BCUT2D eigenvalue weighted by atomic mass is 9.89. The Morgan fingerprint density at radius 2 is 2.11 bits per heavy atom. The van der Waals surface area contributed by atoms with Crippen LogP contribution in [0.15, 0.2) is 61.2 Å². The number of methoxy groups -OCH3 is 1. The average Bonchev–Trinajstić information content (AvgIpc) is 3.16. The van der Waals surface area contributed by atoms with E-state index in [9.17, 15) is 4.79 Å². The zero-order chi connectivity index (χ0) is 18.6. The van der Waals surface area contributed by atoms with Crippen molar-refractivity contribution in [2.24, 2.45) is 0 Å². The highest BCUT2D eigenvalue weighted by molar-refractivity contribution is 5.78. The smallest absolute Gasteiger partial charge is 0.248 e. The highest BCUT2D eigenvalue weighted by atomic mass is 16.5. The molecule has 0 radical (unpaired) electrons. The molecule has 1 amide bonds. The Hall–Kier alpha value is -2.99. The third-order valence-electron chi connectivity index (χ3n) is 4.95. The van der Waals surface area contributed by atoms with E-state index in [0.29, 0.717) is 19.6 Å². The van der Waals surface area contributed by atoms with Crippen LogP contribution in [-0.2, 0) is 22.6 Å². The number of carbonyl (C=O) groups is 1. The number of carbonyl (C=O) groups excluding carboxylic acids is 1. The van der Waals surface area contributed by atoms with Crippen molar-refractivity contribution >= 4 is 5.91 Å². The van der Waals surface area contributed by atoms with Crippen LogP contribution >= 0.6 is 0 Å². The van der Waals surface area contributed by atoms with E-state index in [1.165, 1.54) is 5.56 Å². The molecule has 1 atom stereocenters. The molecule has 0 bridgehead atoms. The summed E-state index contributed by atoms with van der Waals surface area (Å²) in [6, 6.07) is 12.3. The van der Waals surface area contributed by atoms with Crippen LogP contribution in [0, 0.1) is 0 Å². The van der Waals surface area contributed by atoms with E-state index in [4.69, 9.17) is 4.74 Å². The zero-order valence-electron chi connectivity index (χ0n) is 15.3. The van der Waals surface area contributed by atoms with Crippen molar-refractivity contribution in [3.8, 4) is 0 Å². The van der Waals surface area contributed by atoms with Crippen LogP contribution in [0.1, 0.15) is 28.4 Å². The largest absolute Gasteiger partial charge is 0.375 e. The first kappa shape index (κ1) is 17.4. The molecule has 1 aliphatic rings. The summed E-state index contributed by atoms with van der Waals surface area (Å²) >= 11 is 0. The number of imidazole rings is 1. The minimum Gasteiger partial charge on any atom is -0.375 e. The standard InChI is InChI=1S/C21H22N4O2/c1-27-15-20(26)25-13-17-6-2-3-7-18(17)19(14-25)21-23-9-10-24(21)12-16-5-4-8-22-11-16/h2-11,19H,12-15H2,1H3. The summed E-state index contributed by atoms with van der Waals surface area (Å²) in [5, 5.41) is 0. The van der Waals surface area contributed by atoms with Gasteiger partial charge in [-0.1, -0.05) is 30.3 Å². The number of pyridine rings is 1. The number of hydrogen-bond donors (Lipinski definition) is 0. The molecule has 4 rings (SSSR count). The number of ether oxygens (including phenoxy) is 1. The number of amides is 1. The summed E-state index contributed by atoms with van der Waals surface area (Å²) in [5.74, 6) is 0.992. The van der Waals surface area contributed by atoms with Crippen LogP contribution in [0.2, 0.25) is 0 Å². The van der Waals surface area contributed by atoms with Crippen molar-refractivity contribution in [1.29, 1.82) is 0 Å². The van der Waals surface area contributed by atoms with Gasteiger partial charge in [-0.3, -0.25) is 9.78 Å². The van der Waals surface area contributed by atoms with Gasteiger partial charge in [0.25, 0.3) is 0 Å². The lowest BCUT2D eigenvalue weighted by molar-refractivity contribution is -0.136. The zero-order valence-corrected chi connectivity index (χ0v) is 15.3. The van der Waals surface area contributed by atoms with Crippen LogP contribution in [0.5, 0.6) is 0 Å². The monoisotopic (exact) mass is 362 g/mol. The van der Waals surface area contributed by atoms with Gasteiger partial charge in [0.05, 0.1) is 12.5 Å². The van der Waals surface area contributed by atoms with Gasteiger partial charge in [0, 0.05) is 45.0 Å². The maximum Gasteiger partial charge on any atom is 0.248 e. The van der Waals surface area contributed by atoms with Crippen molar-refractivity contribution in [3.63, 3.8) is 0 Å².